The first-order chi connectivity index (χ1) is 17.6. The van der Waals surface area contributed by atoms with E-state index in [0.29, 0.717) is 27.2 Å². The van der Waals surface area contributed by atoms with Gasteiger partial charge in [0.1, 0.15) is 18.1 Å². The third-order valence-corrected chi connectivity index (χ3v) is 7.65. The summed E-state index contributed by atoms with van der Waals surface area (Å²) in [7, 11) is 0.0688. The van der Waals surface area contributed by atoms with E-state index in [4.69, 9.17) is 14.2 Å². The van der Waals surface area contributed by atoms with Gasteiger partial charge in [-0.2, -0.15) is 5.10 Å². The summed E-state index contributed by atoms with van der Waals surface area (Å²) >= 11 is 3.40. The quantitative estimate of drug-likeness (QED) is 0.277. The van der Waals surface area contributed by atoms with Crippen molar-refractivity contribution >= 4 is 43.3 Å². The fourth-order valence-corrected chi connectivity index (χ4v) is 5.27. The Morgan fingerprint density at radius 2 is 1.57 bits per heavy atom. The molecule has 0 aliphatic heterocycles. The molecule has 0 bridgehead atoms. The molecule has 0 heterocycles. The highest BCUT2D eigenvalue weighted by Crippen LogP contribution is 2.32. The minimum atomic E-state index is -4.28. The van der Waals surface area contributed by atoms with E-state index in [-0.39, 0.29) is 16.3 Å². The van der Waals surface area contributed by atoms with Crippen molar-refractivity contribution in [3.8, 4) is 17.2 Å². The SMILES string of the molecule is COc1ccc(/C(C)=N\NC(=O)CN(c2ccc(F)cc2)S(=O)(=O)c2ccc(OC)c(OC)c2)cc1Br. The molecule has 0 radical (unpaired) electrons. The lowest BCUT2D eigenvalue weighted by Gasteiger charge is -2.24. The van der Waals surface area contributed by atoms with Crippen molar-refractivity contribution in [1.82, 2.24) is 5.43 Å². The molecule has 3 rings (SSSR count). The Labute approximate surface area is 223 Å². The van der Waals surface area contributed by atoms with Crippen LogP contribution < -0.4 is 23.9 Å². The maximum absolute atomic E-state index is 13.6. The molecule has 0 spiro atoms. The van der Waals surface area contributed by atoms with Crippen molar-refractivity contribution in [3.05, 3.63) is 76.5 Å². The van der Waals surface area contributed by atoms with E-state index in [2.05, 4.69) is 26.5 Å². The maximum atomic E-state index is 13.6. The summed E-state index contributed by atoms with van der Waals surface area (Å²) in [6.45, 7) is 1.07. The number of hydrazone groups is 1. The number of nitrogens with one attached hydrogen (secondary N) is 1. The number of carbonyl (C=O) groups is 1. The molecule has 0 unspecified atom stereocenters. The van der Waals surface area contributed by atoms with E-state index in [9.17, 15) is 17.6 Å². The number of sulfonamides is 1. The van der Waals surface area contributed by atoms with E-state index in [1.807, 2.05) is 0 Å². The van der Waals surface area contributed by atoms with Gasteiger partial charge in [-0.15, -0.1) is 0 Å². The van der Waals surface area contributed by atoms with Crippen LogP contribution in [0.25, 0.3) is 0 Å². The number of hydrogen-bond acceptors (Lipinski definition) is 7. The highest BCUT2D eigenvalue weighted by molar-refractivity contribution is 9.10. The monoisotopic (exact) mass is 593 g/mol. The predicted molar refractivity (Wildman–Crippen MR) is 142 cm³/mol. The van der Waals surface area contributed by atoms with Crippen LogP contribution in [-0.2, 0) is 14.8 Å². The van der Waals surface area contributed by atoms with Crippen LogP contribution >= 0.6 is 15.9 Å². The van der Waals surface area contributed by atoms with Crippen LogP contribution in [0.3, 0.4) is 0 Å². The van der Waals surface area contributed by atoms with E-state index in [1.165, 1.54) is 44.6 Å². The molecule has 1 amide bonds. The van der Waals surface area contributed by atoms with Crippen molar-refractivity contribution in [2.24, 2.45) is 5.10 Å². The van der Waals surface area contributed by atoms with Crippen LogP contribution in [-0.4, -0.2) is 47.9 Å². The van der Waals surface area contributed by atoms with Crippen molar-refractivity contribution < 1.29 is 31.8 Å². The number of rotatable bonds is 10. The third-order valence-electron chi connectivity index (χ3n) is 5.26. The van der Waals surface area contributed by atoms with Gasteiger partial charge in [0.25, 0.3) is 15.9 Å². The molecule has 1 N–H and O–H groups in total. The minimum absolute atomic E-state index is 0.0890. The van der Waals surface area contributed by atoms with Crippen LogP contribution in [0.15, 0.2) is 75.1 Å². The number of methoxy groups -OCH3 is 3. The number of benzene rings is 3. The Kier molecular flexibility index (Phi) is 9.11. The zero-order chi connectivity index (χ0) is 27.2. The number of nitrogens with zero attached hydrogens (tertiary/aromatic N) is 2. The minimum Gasteiger partial charge on any atom is -0.496 e. The summed E-state index contributed by atoms with van der Waals surface area (Å²) in [5.74, 6) is -0.0980. The molecular formula is C25H25BrFN3O6S. The summed E-state index contributed by atoms with van der Waals surface area (Å²) in [5.41, 5.74) is 3.66. The fraction of sp³-hybridized carbons (Fsp3) is 0.200. The molecule has 12 heteroatoms. The Morgan fingerprint density at radius 1 is 0.946 bits per heavy atom. The zero-order valence-corrected chi connectivity index (χ0v) is 22.9. The summed E-state index contributed by atoms with van der Waals surface area (Å²) in [6.07, 6.45) is 0. The average molecular weight is 594 g/mol. The lowest BCUT2D eigenvalue weighted by atomic mass is 10.1. The predicted octanol–water partition coefficient (Wildman–Crippen LogP) is 4.35. The topological polar surface area (TPSA) is 107 Å². The first kappa shape index (κ1) is 27.9. The van der Waals surface area contributed by atoms with Gasteiger partial charge in [-0.3, -0.25) is 9.10 Å². The number of amides is 1. The summed E-state index contributed by atoms with van der Waals surface area (Å²) in [4.78, 5) is 12.7. The van der Waals surface area contributed by atoms with Gasteiger partial charge in [-0.05, 0) is 83.0 Å². The van der Waals surface area contributed by atoms with Crippen LogP contribution in [0.2, 0.25) is 0 Å². The van der Waals surface area contributed by atoms with E-state index >= 15 is 0 Å². The van der Waals surface area contributed by atoms with E-state index in [1.54, 1.807) is 32.2 Å². The molecule has 0 saturated carbocycles. The van der Waals surface area contributed by atoms with E-state index in [0.717, 1.165) is 16.4 Å². The standard InChI is InChI=1S/C25H25BrFN3O6S/c1-16(17-5-11-22(34-2)21(26)13-17)28-29-25(31)15-30(19-8-6-18(27)7-9-19)37(32,33)20-10-12-23(35-3)24(14-20)36-4/h5-14H,15H2,1-4H3,(H,29,31)/b28-16-. The molecule has 0 fully saturated rings. The van der Waals surface area contributed by atoms with Gasteiger partial charge in [0, 0.05) is 6.07 Å². The third kappa shape index (κ3) is 6.57. The number of ether oxygens (including phenoxy) is 3. The molecule has 0 aliphatic rings. The van der Waals surface area contributed by atoms with Gasteiger partial charge in [-0.25, -0.2) is 18.2 Å². The summed E-state index contributed by atoms with van der Waals surface area (Å²) in [6, 6.07) is 14.1. The van der Waals surface area contributed by atoms with Gasteiger partial charge in [0.15, 0.2) is 11.5 Å². The van der Waals surface area contributed by atoms with Crippen LogP contribution in [0.5, 0.6) is 17.2 Å². The fourth-order valence-electron chi connectivity index (χ4n) is 3.29. The first-order valence-corrected chi connectivity index (χ1v) is 13.0. The van der Waals surface area contributed by atoms with Gasteiger partial charge in [0.05, 0.1) is 42.1 Å². The molecule has 37 heavy (non-hydrogen) atoms. The number of halogens is 2. The van der Waals surface area contributed by atoms with Crippen LogP contribution in [0.4, 0.5) is 10.1 Å². The van der Waals surface area contributed by atoms with Gasteiger partial charge < -0.3 is 14.2 Å². The van der Waals surface area contributed by atoms with Gasteiger partial charge in [0.2, 0.25) is 0 Å². The molecular weight excluding hydrogens is 569 g/mol. The molecule has 0 aliphatic carbocycles. The second kappa shape index (κ2) is 12.1. The smallest absolute Gasteiger partial charge is 0.264 e. The van der Waals surface area contributed by atoms with Gasteiger partial charge >= 0.3 is 0 Å². The molecule has 0 aromatic heterocycles. The van der Waals surface area contributed by atoms with Crippen molar-refractivity contribution in [3.63, 3.8) is 0 Å². The lowest BCUT2D eigenvalue weighted by molar-refractivity contribution is -0.119. The van der Waals surface area contributed by atoms with Crippen molar-refractivity contribution in [1.29, 1.82) is 0 Å². The Bertz CT molecular complexity index is 1410. The number of carbonyl (C=O) groups excluding carboxylic acids is 1. The number of anilines is 1. The zero-order valence-electron chi connectivity index (χ0n) is 20.5. The molecule has 3 aromatic rings. The van der Waals surface area contributed by atoms with Gasteiger partial charge in [-0.1, -0.05) is 0 Å². The largest absolute Gasteiger partial charge is 0.496 e. The molecule has 196 valence electrons. The average Bonchev–Trinajstić information content (AvgIpc) is 2.90. The highest BCUT2D eigenvalue weighted by atomic mass is 79.9. The summed E-state index contributed by atoms with van der Waals surface area (Å²) < 4.78 is 57.9. The second-order valence-corrected chi connectivity index (χ2v) is 10.3. The molecule has 9 nitrogen and oxygen atoms in total. The Hall–Kier alpha value is -3.64. The van der Waals surface area contributed by atoms with Crippen LogP contribution in [0, 0.1) is 5.82 Å². The highest BCUT2D eigenvalue weighted by Gasteiger charge is 2.28. The maximum Gasteiger partial charge on any atom is 0.264 e. The lowest BCUT2D eigenvalue weighted by Crippen LogP contribution is -2.39. The number of hydrogen-bond donors (Lipinski definition) is 1. The second-order valence-electron chi connectivity index (χ2n) is 7.59. The van der Waals surface area contributed by atoms with Crippen molar-refractivity contribution in [2.45, 2.75) is 11.8 Å². The van der Waals surface area contributed by atoms with E-state index < -0.39 is 28.3 Å². The molecule has 3 aromatic carbocycles. The van der Waals surface area contributed by atoms with Crippen molar-refractivity contribution in [2.75, 3.05) is 32.2 Å². The first-order valence-electron chi connectivity index (χ1n) is 10.8. The normalized spacial score (nSPS) is 11.6. The molecule has 0 saturated heterocycles. The molecule has 0 atom stereocenters. The van der Waals surface area contributed by atoms with Crippen LogP contribution in [0.1, 0.15) is 12.5 Å². The Balaban J connectivity index is 1.90. The Morgan fingerprint density at radius 3 is 2.16 bits per heavy atom. The summed E-state index contributed by atoms with van der Waals surface area (Å²) in [5, 5.41) is 4.09.